The molecule has 2 aliphatic heterocycles. The van der Waals surface area contributed by atoms with Gasteiger partial charge in [-0.05, 0) is 54.8 Å². The van der Waals surface area contributed by atoms with Gasteiger partial charge >= 0.3 is 0 Å². The SMILES string of the molecule is CCN1CC(c2ccccc2)CC2(CCN(C(=O)c3ccc(N)nc3)CC2)C1. The molecule has 0 bridgehead atoms. The fraction of sp³-hybridized carbons (Fsp3) is 0.478. The number of hydrogen-bond acceptors (Lipinski definition) is 4. The summed E-state index contributed by atoms with van der Waals surface area (Å²) in [6.45, 7) is 7.28. The van der Waals surface area contributed by atoms with Crippen LogP contribution in [-0.2, 0) is 0 Å². The lowest BCUT2D eigenvalue weighted by Crippen LogP contribution is -2.52. The number of aromatic nitrogens is 1. The van der Waals surface area contributed by atoms with Crippen LogP contribution in [0.4, 0.5) is 5.82 Å². The van der Waals surface area contributed by atoms with E-state index in [1.54, 1.807) is 18.3 Å². The number of hydrogen-bond donors (Lipinski definition) is 1. The number of anilines is 1. The van der Waals surface area contributed by atoms with Crippen molar-refractivity contribution in [1.82, 2.24) is 14.8 Å². The maximum Gasteiger partial charge on any atom is 0.255 e. The minimum Gasteiger partial charge on any atom is -0.384 e. The van der Waals surface area contributed by atoms with Crippen LogP contribution < -0.4 is 5.73 Å². The second kappa shape index (κ2) is 7.92. The monoisotopic (exact) mass is 378 g/mol. The Morgan fingerprint density at radius 1 is 1.18 bits per heavy atom. The predicted octanol–water partition coefficient (Wildman–Crippen LogP) is 3.40. The van der Waals surface area contributed by atoms with Gasteiger partial charge in [-0.3, -0.25) is 4.79 Å². The van der Waals surface area contributed by atoms with E-state index >= 15 is 0 Å². The lowest BCUT2D eigenvalue weighted by molar-refractivity contribution is 0.0158. The maximum atomic E-state index is 12.8. The van der Waals surface area contributed by atoms with E-state index in [-0.39, 0.29) is 5.91 Å². The molecular weight excluding hydrogens is 348 g/mol. The smallest absolute Gasteiger partial charge is 0.255 e. The van der Waals surface area contributed by atoms with Crippen LogP contribution >= 0.6 is 0 Å². The summed E-state index contributed by atoms with van der Waals surface area (Å²) in [6.07, 6.45) is 4.95. The molecule has 1 aromatic carbocycles. The van der Waals surface area contributed by atoms with Gasteiger partial charge in [-0.1, -0.05) is 37.3 Å². The third-order valence-electron chi connectivity index (χ3n) is 6.58. The van der Waals surface area contributed by atoms with Crippen molar-refractivity contribution >= 4 is 11.7 Å². The standard InChI is InChI=1S/C23H30N4O/c1-2-26-16-20(18-6-4-3-5-7-18)14-23(17-26)10-12-27(13-11-23)22(28)19-8-9-21(24)25-15-19/h3-9,15,20H,2,10-14,16-17H2,1H3,(H2,24,25). The van der Waals surface area contributed by atoms with Crippen LogP contribution in [0.1, 0.15) is 48.0 Å². The third-order valence-corrected chi connectivity index (χ3v) is 6.58. The summed E-state index contributed by atoms with van der Waals surface area (Å²) in [4.78, 5) is 21.5. The van der Waals surface area contributed by atoms with Gasteiger partial charge in [0.2, 0.25) is 0 Å². The average molecular weight is 379 g/mol. The zero-order valence-electron chi connectivity index (χ0n) is 16.7. The molecule has 4 rings (SSSR count). The summed E-state index contributed by atoms with van der Waals surface area (Å²) in [5.41, 5.74) is 8.04. The highest BCUT2D eigenvalue weighted by Crippen LogP contribution is 2.45. The number of nitrogens with zero attached hydrogens (tertiary/aromatic N) is 3. The van der Waals surface area contributed by atoms with Gasteiger partial charge in [0, 0.05) is 32.4 Å². The molecule has 5 nitrogen and oxygen atoms in total. The van der Waals surface area contributed by atoms with E-state index in [2.05, 4.69) is 47.1 Å². The summed E-state index contributed by atoms with van der Waals surface area (Å²) in [5, 5.41) is 0. The average Bonchev–Trinajstić information content (AvgIpc) is 2.74. The van der Waals surface area contributed by atoms with Crippen molar-refractivity contribution < 1.29 is 4.79 Å². The van der Waals surface area contributed by atoms with Crippen LogP contribution in [0.2, 0.25) is 0 Å². The second-order valence-electron chi connectivity index (χ2n) is 8.40. The van der Waals surface area contributed by atoms with Gasteiger partial charge in [-0.15, -0.1) is 0 Å². The summed E-state index contributed by atoms with van der Waals surface area (Å²) in [5.74, 6) is 1.10. The number of likely N-dealkylation sites (N-methyl/N-ethyl adjacent to an activating group) is 1. The van der Waals surface area contributed by atoms with E-state index in [9.17, 15) is 4.79 Å². The van der Waals surface area contributed by atoms with Crippen LogP contribution in [0.25, 0.3) is 0 Å². The molecule has 0 radical (unpaired) electrons. The molecule has 2 N–H and O–H groups in total. The number of pyridine rings is 1. The van der Waals surface area contributed by atoms with E-state index < -0.39 is 0 Å². The van der Waals surface area contributed by atoms with Crippen LogP contribution in [-0.4, -0.2) is 53.4 Å². The second-order valence-corrected chi connectivity index (χ2v) is 8.40. The van der Waals surface area contributed by atoms with Crippen molar-refractivity contribution in [1.29, 1.82) is 0 Å². The lowest BCUT2D eigenvalue weighted by Gasteiger charge is -2.50. The summed E-state index contributed by atoms with van der Waals surface area (Å²) in [6, 6.07) is 14.4. The van der Waals surface area contributed by atoms with Gasteiger partial charge in [-0.25, -0.2) is 4.98 Å². The molecule has 2 aliphatic rings. The number of amides is 1. The van der Waals surface area contributed by atoms with Crippen molar-refractivity contribution in [2.75, 3.05) is 38.5 Å². The zero-order chi connectivity index (χ0) is 19.6. The summed E-state index contributed by atoms with van der Waals surface area (Å²) in [7, 11) is 0. The highest BCUT2D eigenvalue weighted by Gasteiger charge is 2.42. The van der Waals surface area contributed by atoms with Crippen molar-refractivity contribution in [2.45, 2.75) is 32.1 Å². The number of nitrogen functional groups attached to an aromatic ring is 1. The van der Waals surface area contributed by atoms with Gasteiger partial charge < -0.3 is 15.5 Å². The zero-order valence-corrected chi connectivity index (χ0v) is 16.7. The number of rotatable bonds is 3. The quantitative estimate of drug-likeness (QED) is 0.889. The highest BCUT2D eigenvalue weighted by atomic mass is 16.2. The van der Waals surface area contributed by atoms with E-state index in [1.807, 2.05) is 4.90 Å². The Kier molecular flexibility index (Phi) is 5.36. The summed E-state index contributed by atoms with van der Waals surface area (Å²) < 4.78 is 0. The predicted molar refractivity (Wildman–Crippen MR) is 112 cm³/mol. The van der Waals surface area contributed by atoms with E-state index in [0.717, 1.165) is 45.6 Å². The fourth-order valence-corrected chi connectivity index (χ4v) is 4.95. The molecule has 0 saturated carbocycles. The number of benzene rings is 1. The number of carbonyl (C=O) groups excluding carboxylic acids is 1. The number of likely N-dealkylation sites (tertiary alicyclic amines) is 2. The molecule has 2 saturated heterocycles. The number of piperidine rings is 2. The molecular formula is C23H30N4O. The van der Waals surface area contributed by atoms with Gasteiger partial charge in [0.05, 0.1) is 5.56 Å². The van der Waals surface area contributed by atoms with Crippen LogP contribution in [0.5, 0.6) is 0 Å². The molecule has 148 valence electrons. The Hall–Kier alpha value is -2.40. The molecule has 1 atom stereocenters. The van der Waals surface area contributed by atoms with Crippen molar-refractivity contribution in [3.63, 3.8) is 0 Å². The normalized spacial score (nSPS) is 22.3. The summed E-state index contributed by atoms with van der Waals surface area (Å²) >= 11 is 0. The molecule has 1 amide bonds. The number of carbonyl (C=O) groups is 1. The Morgan fingerprint density at radius 2 is 1.93 bits per heavy atom. The Bertz CT molecular complexity index is 797. The van der Waals surface area contributed by atoms with Crippen LogP contribution in [0, 0.1) is 5.41 Å². The maximum absolute atomic E-state index is 12.8. The molecule has 2 fully saturated rings. The lowest BCUT2D eigenvalue weighted by atomic mass is 9.68. The van der Waals surface area contributed by atoms with Crippen LogP contribution in [0.3, 0.4) is 0 Å². The number of nitrogens with two attached hydrogens (primary N) is 1. The molecule has 1 spiro atoms. The minimum absolute atomic E-state index is 0.0742. The largest absolute Gasteiger partial charge is 0.384 e. The third kappa shape index (κ3) is 3.90. The van der Waals surface area contributed by atoms with Gasteiger partial charge in [-0.2, -0.15) is 0 Å². The minimum atomic E-state index is 0.0742. The molecule has 1 unspecified atom stereocenters. The van der Waals surface area contributed by atoms with Crippen molar-refractivity contribution in [3.8, 4) is 0 Å². The fourth-order valence-electron chi connectivity index (χ4n) is 4.95. The van der Waals surface area contributed by atoms with Crippen molar-refractivity contribution in [2.24, 2.45) is 5.41 Å². The highest BCUT2D eigenvalue weighted by molar-refractivity contribution is 5.94. The van der Waals surface area contributed by atoms with Crippen LogP contribution in [0.15, 0.2) is 48.7 Å². The van der Waals surface area contributed by atoms with E-state index in [1.165, 1.54) is 12.0 Å². The Morgan fingerprint density at radius 3 is 2.57 bits per heavy atom. The van der Waals surface area contributed by atoms with E-state index in [0.29, 0.717) is 22.7 Å². The Labute approximate surface area is 167 Å². The topological polar surface area (TPSA) is 62.5 Å². The molecule has 5 heteroatoms. The van der Waals surface area contributed by atoms with Gasteiger partial charge in [0.1, 0.15) is 5.82 Å². The first kappa shape index (κ1) is 18.9. The van der Waals surface area contributed by atoms with Crippen molar-refractivity contribution in [3.05, 3.63) is 59.8 Å². The first-order valence-electron chi connectivity index (χ1n) is 10.4. The molecule has 2 aromatic rings. The molecule has 0 aliphatic carbocycles. The van der Waals surface area contributed by atoms with E-state index in [4.69, 9.17) is 5.73 Å². The molecule has 3 heterocycles. The Balaban J connectivity index is 1.45. The van der Waals surface area contributed by atoms with Gasteiger partial charge in [0.15, 0.2) is 0 Å². The van der Waals surface area contributed by atoms with Gasteiger partial charge in [0.25, 0.3) is 5.91 Å². The first-order valence-corrected chi connectivity index (χ1v) is 10.4. The molecule has 28 heavy (non-hydrogen) atoms. The first-order chi connectivity index (χ1) is 13.6. The molecule has 1 aromatic heterocycles.